The van der Waals surface area contributed by atoms with Gasteiger partial charge in [-0.3, -0.25) is 9.78 Å². The molecule has 0 spiro atoms. The van der Waals surface area contributed by atoms with Gasteiger partial charge in [0.15, 0.2) is 0 Å². The van der Waals surface area contributed by atoms with Crippen LogP contribution in [0.2, 0.25) is 0 Å². The largest absolute Gasteiger partial charge is 0.487 e. The molecule has 1 aliphatic rings. The van der Waals surface area contributed by atoms with Crippen LogP contribution in [-0.2, 0) is 12.0 Å². The molecule has 6 heteroatoms. The molecule has 2 aromatic heterocycles. The second kappa shape index (κ2) is 6.14. The number of fused-ring (bicyclic) bond motifs is 1. The van der Waals surface area contributed by atoms with Crippen LogP contribution in [0.4, 0.5) is 0 Å². The number of ether oxygens (including phenoxy) is 1. The summed E-state index contributed by atoms with van der Waals surface area (Å²) < 4.78 is 11.8. The van der Waals surface area contributed by atoms with E-state index in [1.165, 1.54) is 0 Å². The third-order valence-corrected chi connectivity index (χ3v) is 5.03. The maximum Gasteiger partial charge on any atom is 0.252 e. The fraction of sp³-hybridized carbons (Fsp3) is 0.300. The highest BCUT2D eigenvalue weighted by atomic mass is 16.5. The lowest BCUT2D eigenvalue weighted by molar-refractivity contribution is 0.1000. The van der Waals surface area contributed by atoms with Crippen molar-refractivity contribution in [3.8, 4) is 5.75 Å². The van der Waals surface area contributed by atoms with E-state index in [2.05, 4.69) is 4.98 Å². The molecule has 1 aromatic carbocycles. The summed E-state index contributed by atoms with van der Waals surface area (Å²) in [6.07, 6.45) is 3.36. The topological polar surface area (TPSA) is 98.6 Å². The van der Waals surface area contributed by atoms with Gasteiger partial charge in [0.25, 0.3) is 5.91 Å². The molecule has 26 heavy (non-hydrogen) atoms. The first-order valence-corrected chi connectivity index (χ1v) is 8.56. The van der Waals surface area contributed by atoms with Crippen molar-refractivity contribution in [1.82, 2.24) is 4.98 Å². The Labute approximate surface area is 150 Å². The zero-order chi connectivity index (χ0) is 18.3. The third-order valence-electron chi connectivity index (χ3n) is 5.03. The highest BCUT2D eigenvalue weighted by molar-refractivity contribution is 6.08. The molecule has 6 nitrogen and oxygen atoms in total. The Kier molecular flexibility index (Phi) is 3.92. The number of nitrogens with two attached hydrogens (primary N) is 1. The summed E-state index contributed by atoms with van der Waals surface area (Å²) in [5, 5.41) is 10.7. The lowest BCUT2D eigenvalue weighted by atomic mass is 9.90. The molecule has 0 aliphatic heterocycles. The van der Waals surface area contributed by atoms with E-state index in [1.54, 1.807) is 19.2 Å². The number of pyridine rings is 1. The Morgan fingerprint density at radius 3 is 2.77 bits per heavy atom. The van der Waals surface area contributed by atoms with Gasteiger partial charge in [-0.1, -0.05) is 6.07 Å². The molecule has 1 amide bonds. The zero-order valence-corrected chi connectivity index (χ0v) is 14.5. The number of carbonyl (C=O) groups excluding carboxylic acids is 1. The van der Waals surface area contributed by atoms with Gasteiger partial charge in [0, 0.05) is 22.6 Å². The van der Waals surface area contributed by atoms with Crippen LogP contribution in [0.15, 0.2) is 40.9 Å². The number of carbonyl (C=O) groups is 1. The van der Waals surface area contributed by atoms with Gasteiger partial charge >= 0.3 is 0 Å². The maximum absolute atomic E-state index is 12.0. The van der Waals surface area contributed by atoms with Crippen LogP contribution in [0.1, 0.15) is 40.2 Å². The van der Waals surface area contributed by atoms with Crippen LogP contribution >= 0.6 is 0 Å². The number of hydrogen-bond donors (Lipinski definition) is 2. The molecule has 0 radical (unpaired) electrons. The highest BCUT2D eigenvalue weighted by Gasteiger charge is 2.48. The van der Waals surface area contributed by atoms with Crippen molar-refractivity contribution in [3.63, 3.8) is 0 Å². The molecule has 0 atom stereocenters. The number of aliphatic hydroxyl groups excluding tert-OH is 1. The number of amides is 1. The van der Waals surface area contributed by atoms with Crippen LogP contribution in [0.3, 0.4) is 0 Å². The van der Waals surface area contributed by atoms with Gasteiger partial charge in [-0.25, -0.2) is 0 Å². The fourth-order valence-electron chi connectivity index (χ4n) is 3.51. The molecule has 1 fully saturated rings. The van der Waals surface area contributed by atoms with Crippen molar-refractivity contribution in [3.05, 3.63) is 59.1 Å². The van der Waals surface area contributed by atoms with Crippen LogP contribution < -0.4 is 10.5 Å². The smallest absolute Gasteiger partial charge is 0.252 e. The fourth-order valence-corrected chi connectivity index (χ4v) is 3.51. The number of aromatic nitrogens is 1. The maximum atomic E-state index is 12.0. The zero-order valence-electron chi connectivity index (χ0n) is 14.5. The number of primary amides is 1. The lowest BCUT2D eigenvalue weighted by Crippen LogP contribution is -2.17. The van der Waals surface area contributed by atoms with Gasteiger partial charge < -0.3 is 20.0 Å². The van der Waals surface area contributed by atoms with E-state index in [0.717, 1.165) is 24.1 Å². The number of nitrogens with zero attached hydrogens (tertiary/aromatic N) is 1. The van der Waals surface area contributed by atoms with E-state index in [1.807, 2.05) is 24.3 Å². The number of benzene rings is 1. The Bertz CT molecular complexity index is 974. The third kappa shape index (κ3) is 2.63. The monoisotopic (exact) mass is 352 g/mol. The second-order valence-electron chi connectivity index (χ2n) is 6.76. The molecular formula is C20H20N2O4. The minimum Gasteiger partial charge on any atom is -0.487 e. The second-order valence-corrected chi connectivity index (χ2v) is 6.76. The summed E-state index contributed by atoms with van der Waals surface area (Å²) in [5.41, 5.74) is 7.73. The first-order chi connectivity index (χ1) is 12.6. The average Bonchev–Trinajstić information content (AvgIpc) is 3.35. The number of aliphatic hydroxyl groups is 1. The summed E-state index contributed by atoms with van der Waals surface area (Å²) in [7, 11) is 0. The van der Waals surface area contributed by atoms with Gasteiger partial charge in [-0.15, -0.1) is 0 Å². The molecule has 3 N–H and O–H groups in total. The van der Waals surface area contributed by atoms with Crippen molar-refractivity contribution in [1.29, 1.82) is 0 Å². The Balaban J connectivity index is 1.86. The molecule has 0 unspecified atom stereocenters. The minimum atomic E-state index is -0.543. The summed E-state index contributed by atoms with van der Waals surface area (Å²) in [5.74, 6) is 0.556. The number of furan rings is 1. The minimum absolute atomic E-state index is 0.0194. The van der Waals surface area contributed by atoms with E-state index in [0.29, 0.717) is 34.6 Å². The van der Waals surface area contributed by atoms with Crippen molar-refractivity contribution >= 4 is 16.9 Å². The molecule has 0 bridgehead atoms. The van der Waals surface area contributed by atoms with E-state index >= 15 is 0 Å². The first-order valence-electron chi connectivity index (χ1n) is 8.56. The molecule has 0 saturated heterocycles. The van der Waals surface area contributed by atoms with Crippen molar-refractivity contribution in [2.24, 2.45) is 5.73 Å². The molecule has 1 aliphatic carbocycles. The number of aryl methyl sites for hydroxylation is 1. The molecular weight excluding hydrogens is 332 g/mol. The number of hydrogen-bond acceptors (Lipinski definition) is 5. The first kappa shape index (κ1) is 16.6. The molecule has 1 saturated carbocycles. The molecule has 134 valence electrons. The van der Waals surface area contributed by atoms with Gasteiger partial charge in [-0.2, -0.15) is 0 Å². The van der Waals surface area contributed by atoms with E-state index < -0.39 is 11.3 Å². The van der Waals surface area contributed by atoms with E-state index in [-0.39, 0.29) is 6.61 Å². The average molecular weight is 352 g/mol. The van der Waals surface area contributed by atoms with Crippen LogP contribution in [0, 0.1) is 6.92 Å². The molecule has 2 heterocycles. The van der Waals surface area contributed by atoms with Crippen LogP contribution in [-0.4, -0.2) is 22.6 Å². The lowest BCUT2D eigenvalue weighted by Gasteiger charge is -2.19. The van der Waals surface area contributed by atoms with Gasteiger partial charge in [0.1, 0.15) is 23.7 Å². The SMILES string of the molecule is Cc1oc2ccc(OCc3ccccn3)c(C3(CO)CC3)c2c1C(N)=O. The summed E-state index contributed by atoms with van der Waals surface area (Å²) in [6, 6.07) is 9.23. The van der Waals surface area contributed by atoms with Crippen molar-refractivity contribution in [2.75, 3.05) is 6.61 Å². The van der Waals surface area contributed by atoms with E-state index in [9.17, 15) is 9.90 Å². The van der Waals surface area contributed by atoms with E-state index in [4.69, 9.17) is 14.9 Å². The summed E-state index contributed by atoms with van der Waals surface area (Å²) >= 11 is 0. The summed E-state index contributed by atoms with van der Waals surface area (Å²) in [6.45, 7) is 1.99. The Hall–Kier alpha value is -2.86. The molecule has 4 rings (SSSR count). The standard InChI is InChI=1S/C20H20N2O4/c1-12-16(19(21)24)17-14(26-12)5-6-15(18(17)20(11-23)7-8-20)25-10-13-4-2-3-9-22-13/h2-6,9,23H,7-8,10-11H2,1H3,(H2,21,24). The van der Waals surface area contributed by atoms with Crippen LogP contribution in [0.25, 0.3) is 11.0 Å². The van der Waals surface area contributed by atoms with Crippen molar-refractivity contribution < 1.29 is 19.1 Å². The molecule has 3 aromatic rings. The Morgan fingerprint density at radius 2 is 2.15 bits per heavy atom. The quantitative estimate of drug-likeness (QED) is 0.711. The predicted molar refractivity (Wildman–Crippen MR) is 96.0 cm³/mol. The summed E-state index contributed by atoms with van der Waals surface area (Å²) in [4.78, 5) is 16.3. The van der Waals surface area contributed by atoms with Crippen LogP contribution in [0.5, 0.6) is 5.75 Å². The normalized spacial score (nSPS) is 15.2. The van der Waals surface area contributed by atoms with Gasteiger partial charge in [0.05, 0.1) is 17.9 Å². The van der Waals surface area contributed by atoms with Crippen molar-refractivity contribution in [2.45, 2.75) is 31.8 Å². The Morgan fingerprint density at radius 1 is 1.35 bits per heavy atom. The highest BCUT2D eigenvalue weighted by Crippen LogP contribution is 2.54. The number of rotatable bonds is 6. The van der Waals surface area contributed by atoms with Gasteiger partial charge in [0.2, 0.25) is 0 Å². The predicted octanol–water partition coefficient (Wildman–Crippen LogP) is 2.84. The van der Waals surface area contributed by atoms with Gasteiger partial charge in [-0.05, 0) is 44.0 Å².